The Hall–Kier alpha value is -1.78. The SMILES string of the molecule is Cn1cnnc1-c1ccnnc1. The van der Waals surface area contributed by atoms with Gasteiger partial charge in [0.2, 0.25) is 0 Å². The molecule has 0 amide bonds. The van der Waals surface area contributed by atoms with Gasteiger partial charge in [-0.3, -0.25) is 0 Å². The van der Waals surface area contributed by atoms with Crippen LogP contribution >= 0.6 is 0 Å². The number of rotatable bonds is 1. The lowest BCUT2D eigenvalue weighted by Gasteiger charge is -1.96. The van der Waals surface area contributed by atoms with Gasteiger partial charge in [-0.2, -0.15) is 10.2 Å². The molecule has 0 aliphatic rings. The zero-order chi connectivity index (χ0) is 8.39. The molecule has 0 atom stereocenters. The van der Waals surface area contributed by atoms with Gasteiger partial charge in [0.05, 0.1) is 12.4 Å². The monoisotopic (exact) mass is 161 g/mol. The van der Waals surface area contributed by atoms with Gasteiger partial charge in [0, 0.05) is 12.6 Å². The number of aryl methyl sites for hydroxylation is 1. The Morgan fingerprint density at radius 3 is 2.75 bits per heavy atom. The molecular weight excluding hydrogens is 154 g/mol. The fourth-order valence-corrected chi connectivity index (χ4v) is 0.968. The van der Waals surface area contributed by atoms with Gasteiger partial charge in [0.25, 0.3) is 0 Å². The second kappa shape index (κ2) is 2.69. The van der Waals surface area contributed by atoms with Gasteiger partial charge in [0.15, 0.2) is 5.82 Å². The summed E-state index contributed by atoms with van der Waals surface area (Å²) in [5, 5.41) is 15.1. The maximum atomic E-state index is 3.93. The molecule has 0 saturated heterocycles. The van der Waals surface area contributed by atoms with Crippen molar-refractivity contribution < 1.29 is 0 Å². The minimum Gasteiger partial charge on any atom is -0.317 e. The lowest BCUT2D eigenvalue weighted by molar-refractivity contribution is 0.914. The molecule has 2 aromatic rings. The smallest absolute Gasteiger partial charge is 0.165 e. The molecule has 0 unspecified atom stereocenters. The van der Waals surface area contributed by atoms with E-state index in [2.05, 4.69) is 20.4 Å². The van der Waals surface area contributed by atoms with Gasteiger partial charge in [-0.1, -0.05) is 0 Å². The molecule has 60 valence electrons. The maximum Gasteiger partial charge on any atom is 0.165 e. The van der Waals surface area contributed by atoms with E-state index in [9.17, 15) is 0 Å². The first kappa shape index (κ1) is 6.90. The second-order valence-corrected chi connectivity index (χ2v) is 2.40. The summed E-state index contributed by atoms with van der Waals surface area (Å²) in [7, 11) is 1.88. The molecule has 0 aliphatic carbocycles. The second-order valence-electron chi connectivity index (χ2n) is 2.40. The highest BCUT2D eigenvalue weighted by atomic mass is 15.2. The molecule has 12 heavy (non-hydrogen) atoms. The summed E-state index contributed by atoms with van der Waals surface area (Å²) < 4.78 is 1.83. The van der Waals surface area contributed by atoms with Crippen LogP contribution in [0.15, 0.2) is 24.8 Å². The molecule has 0 radical (unpaired) electrons. The van der Waals surface area contributed by atoms with E-state index in [0.717, 1.165) is 11.4 Å². The Kier molecular flexibility index (Phi) is 1.55. The largest absolute Gasteiger partial charge is 0.317 e. The van der Waals surface area contributed by atoms with Gasteiger partial charge in [-0.25, -0.2) is 0 Å². The standard InChI is InChI=1S/C7H7N5/c1-12-5-10-11-7(12)6-2-3-8-9-4-6/h2-5H,1H3. The number of nitrogens with zero attached hydrogens (tertiary/aromatic N) is 5. The Morgan fingerprint density at radius 1 is 1.25 bits per heavy atom. The van der Waals surface area contributed by atoms with Crippen LogP contribution in [0, 0.1) is 0 Å². The highest BCUT2D eigenvalue weighted by molar-refractivity contribution is 5.51. The van der Waals surface area contributed by atoms with E-state index in [1.54, 1.807) is 18.7 Å². The third-order valence-electron chi connectivity index (χ3n) is 1.55. The van der Waals surface area contributed by atoms with E-state index in [0.29, 0.717) is 0 Å². The van der Waals surface area contributed by atoms with Crippen LogP contribution in [0.25, 0.3) is 11.4 Å². The van der Waals surface area contributed by atoms with Crippen molar-refractivity contribution in [2.45, 2.75) is 0 Å². The quantitative estimate of drug-likeness (QED) is 0.602. The van der Waals surface area contributed by atoms with Crippen LogP contribution in [0.2, 0.25) is 0 Å². The summed E-state index contributed by atoms with van der Waals surface area (Å²) in [6.07, 6.45) is 4.93. The van der Waals surface area contributed by atoms with Crippen molar-refractivity contribution >= 4 is 0 Å². The summed E-state index contributed by atoms with van der Waals surface area (Å²) in [4.78, 5) is 0. The van der Waals surface area contributed by atoms with Crippen LogP contribution in [0.4, 0.5) is 0 Å². The molecule has 0 bridgehead atoms. The highest BCUT2D eigenvalue weighted by Gasteiger charge is 2.02. The van der Waals surface area contributed by atoms with Gasteiger partial charge < -0.3 is 4.57 Å². The third-order valence-corrected chi connectivity index (χ3v) is 1.55. The van der Waals surface area contributed by atoms with Crippen molar-refractivity contribution in [2.24, 2.45) is 7.05 Å². The summed E-state index contributed by atoms with van der Waals surface area (Å²) in [5.74, 6) is 0.796. The van der Waals surface area contributed by atoms with Crippen LogP contribution in [0.1, 0.15) is 0 Å². The molecule has 2 heterocycles. The Balaban J connectivity index is 2.51. The minimum absolute atomic E-state index is 0.796. The first-order chi connectivity index (χ1) is 5.88. The van der Waals surface area contributed by atoms with Gasteiger partial charge in [0.1, 0.15) is 6.33 Å². The maximum absolute atomic E-state index is 3.93. The zero-order valence-electron chi connectivity index (χ0n) is 6.55. The van der Waals surface area contributed by atoms with Crippen molar-refractivity contribution in [3.63, 3.8) is 0 Å². The average Bonchev–Trinajstić information content (AvgIpc) is 2.53. The topological polar surface area (TPSA) is 56.5 Å². The van der Waals surface area contributed by atoms with Crippen molar-refractivity contribution in [3.05, 3.63) is 24.8 Å². The summed E-state index contributed by atoms with van der Waals surface area (Å²) >= 11 is 0. The molecule has 5 heteroatoms. The summed E-state index contributed by atoms with van der Waals surface area (Å²) in [6.45, 7) is 0. The van der Waals surface area contributed by atoms with Crippen LogP contribution in [-0.2, 0) is 7.05 Å². The summed E-state index contributed by atoms with van der Waals surface area (Å²) in [5.41, 5.74) is 0.921. The van der Waals surface area contributed by atoms with Crippen molar-refractivity contribution in [1.29, 1.82) is 0 Å². The molecule has 0 fully saturated rings. The first-order valence-corrected chi connectivity index (χ1v) is 3.49. The Morgan fingerprint density at radius 2 is 2.17 bits per heavy atom. The lowest BCUT2D eigenvalue weighted by atomic mass is 10.3. The molecule has 2 aromatic heterocycles. The molecular formula is C7H7N5. The molecule has 2 rings (SSSR count). The van der Waals surface area contributed by atoms with Crippen LogP contribution in [-0.4, -0.2) is 25.0 Å². The summed E-state index contributed by atoms with van der Waals surface area (Å²) in [6, 6.07) is 1.84. The van der Waals surface area contributed by atoms with Crippen molar-refractivity contribution in [3.8, 4) is 11.4 Å². The van der Waals surface area contributed by atoms with E-state index in [4.69, 9.17) is 0 Å². The molecule has 0 aromatic carbocycles. The minimum atomic E-state index is 0.796. The van der Waals surface area contributed by atoms with E-state index < -0.39 is 0 Å². The highest BCUT2D eigenvalue weighted by Crippen LogP contribution is 2.11. The van der Waals surface area contributed by atoms with Gasteiger partial charge in [-0.05, 0) is 6.07 Å². The normalized spacial score (nSPS) is 10.1. The molecule has 0 aliphatic heterocycles. The van der Waals surface area contributed by atoms with E-state index in [1.165, 1.54) is 0 Å². The van der Waals surface area contributed by atoms with E-state index >= 15 is 0 Å². The lowest BCUT2D eigenvalue weighted by Crippen LogP contribution is -1.91. The molecule has 0 N–H and O–H groups in total. The fraction of sp³-hybridized carbons (Fsp3) is 0.143. The van der Waals surface area contributed by atoms with Crippen molar-refractivity contribution in [1.82, 2.24) is 25.0 Å². The van der Waals surface area contributed by atoms with Crippen molar-refractivity contribution in [2.75, 3.05) is 0 Å². The molecule has 0 saturated carbocycles. The number of hydrogen-bond acceptors (Lipinski definition) is 4. The molecule has 0 spiro atoms. The number of hydrogen-bond donors (Lipinski definition) is 0. The van der Waals surface area contributed by atoms with Gasteiger partial charge in [-0.15, -0.1) is 10.2 Å². The Bertz CT molecular complexity index is 366. The number of aromatic nitrogens is 5. The van der Waals surface area contributed by atoms with Crippen LogP contribution < -0.4 is 0 Å². The fourth-order valence-electron chi connectivity index (χ4n) is 0.968. The van der Waals surface area contributed by atoms with E-state index in [-0.39, 0.29) is 0 Å². The Labute approximate surface area is 69.1 Å². The predicted molar refractivity (Wildman–Crippen MR) is 42.0 cm³/mol. The molecule has 5 nitrogen and oxygen atoms in total. The van der Waals surface area contributed by atoms with Crippen LogP contribution in [0.5, 0.6) is 0 Å². The average molecular weight is 161 g/mol. The van der Waals surface area contributed by atoms with Gasteiger partial charge >= 0.3 is 0 Å². The van der Waals surface area contributed by atoms with Crippen LogP contribution in [0.3, 0.4) is 0 Å². The predicted octanol–water partition coefficient (Wildman–Crippen LogP) is 0.272. The van der Waals surface area contributed by atoms with E-state index in [1.807, 2.05) is 17.7 Å². The third kappa shape index (κ3) is 1.05. The first-order valence-electron chi connectivity index (χ1n) is 3.49. The zero-order valence-corrected chi connectivity index (χ0v) is 6.55.